The Morgan fingerprint density at radius 2 is 2.10 bits per heavy atom. The smallest absolute Gasteiger partial charge is 0.369 e. The summed E-state index contributed by atoms with van der Waals surface area (Å²) in [6.07, 6.45) is 0. The zero-order valence-electron chi connectivity index (χ0n) is 6.60. The van der Waals surface area contributed by atoms with Crippen LogP contribution in [0.1, 0.15) is 20.8 Å². The van der Waals surface area contributed by atoms with Crippen LogP contribution in [0, 0.1) is 0 Å². The maximum absolute atomic E-state index is 10.7. The maximum atomic E-state index is 10.7. The molecule has 0 spiro atoms. The molecule has 0 saturated heterocycles. The zero-order valence-corrected chi connectivity index (χ0v) is 6.60. The van der Waals surface area contributed by atoms with Crippen molar-refractivity contribution in [1.82, 2.24) is 0 Å². The van der Waals surface area contributed by atoms with Crippen LogP contribution in [0.15, 0.2) is 0 Å². The average Bonchev–Trinajstić information content (AvgIpc) is 1.59. The van der Waals surface area contributed by atoms with Crippen molar-refractivity contribution in [2.24, 2.45) is 0 Å². The first-order valence-corrected chi connectivity index (χ1v) is 3.11. The third-order valence-corrected chi connectivity index (χ3v) is 0.666. The standard InChI is InChI=1S/C7H13NO2/c1-7(2,3)10-6(9)5-8-4/h4,8H,5H2,1-3H3. The first-order chi connectivity index (χ1) is 4.45. The largest absolute Gasteiger partial charge is 0.455 e. The molecule has 3 heteroatoms. The monoisotopic (exact) mass is 143 g/mol. The van der Waals surface area contributed by atoms with E-state index in [0.717, 1.165) is 0 Å². The SMILES string of the molecule is [CH-]=[NH+]CC(=O)OC(C)(C)C. The summed E-state index contributed by atoms with van der Waals surface area (Å²) in [5.41, 5.74) is -0.423. The molecule has 0 aromatic carbocycles. The van der Waals surface area contributed by atoms with Gasteiger partial charge in [-0.25, -0.2) is 11.5 Å². The van der Waals surface area contributed by atoms with E-state index in [-0.39, 0.29) is 12.5 Å². The van der Waals surface area contributed by atoms with E-state index in [4.69, 9.17) is 11.5 Å². The van der Waals surface area contributed by atoms with E-state index < -0.39 is 5.60 Å². The maximum Gasteiger partial charge on any atom is 0.369 e. The van der Waals surface area contributed by atoms with Crippen molar-refractivity contribution in [3.8, 4) is 0 Å². The van der Waals surface area contributed by atoms with Gasteiger partial charge in [0.05, 0.1) is 0 Å². The number of hydrogen-bond donors (Lipinski definition) is 1. The van der Waals surface area contributed by atoms with Crippen molar-refractivity contribution in [2.75, 3.05) is 6.54 Å². The van der Waals surface area contributed by atoms with Crippen LogP contribution in [0.5, 0.6) is 0 Å². The van der Waals surface area contributed by atoms with Crippen LogP contribution in [0.3, 0.4) is 0 Å². The highest BCUT2D eigenvalue weighted by Gasteiger charge is 2.15. The van der Waals surface area contributed by atoms with Crippen LogP contribution in [0.4, 0.5) is 0 Å². The second kappa shape index (κ2) is 3.34. The van der Waals surface area contributed by atoms with Gasteiger partial charge >= 0.3 is 5.97 Å². The number of esters is 1. The van der Waals surface area contributed by atoms with Crippen molar-refractivity contribution >= 4 is 12.7 Å². The van der Waals surface area contributed by atoms with Gasteiger partial charge in [0.2, 0.25) is 6.54 Å². The molecule has 0 amide bonds. The second-order valence-electron chi connectivity index (χ2n) is 2.97. The Hall–Kier alpha value is -0.860. The Morgan fingerprint density at radius 1 is 1.60 bits per heavy atom. The lowest BCUT2D eigenvalue weighted by Gasteiger charge is -2.17. The van der Waals surface area contributed by atoms with Crippen molar-refractivity contribution in [3.05, 3.63) is 0 Å². The van der Waals surface area contributed by atoms with E-state index in [1.165, 1.54) is 0 Å². The molecule has 0 aliphatic carbocycles. The molecule has 0 aliphatic rings. The molecule has 0 fully saturated rings. The number of nitrogens with one attached hydrogen (secondary N) is 1. The van der Waals surface area contributed by atoms with E-state index >= 15 is 0 Å². The molecule has 0 heterocycles. The molecular formula is C7H13NO2. The normalized spacial score (nSPS) is 10.7. The van der Waals surface area contributed by atoms with Gasteiger partial charge in [0.15, 0.2) is 0 Å². The van der Waals surface area contributed by atoms with Gasteiger partial charge in [0.1, 0.15) is 5.60 Å². The van der Waals surface area contributed by atoms with Gasteiger partial charge in [-0.15, -0.1) is 0 Å². The third kappa shape index (κ3) is 5.28. The summed E-state index contributed by atoms with van der Waals surface area (Å²) in [4.78, 5) is 12.9. The van der Waals surface area contributed by atoms with E-state index in [0.29, 0.717) is 0 Å². The van der Waals surface area contributed by atoms with Crippen molar-refractivity contribution in [1.29, 1.82) is 0 Å². The lowest BCUT2D eigenvalue weighted by molar-refractivity contribution is -0.438. The Labute approximate surface area is 61.1 Å². The van der Waals surface area contributed by atoms with Gasteiger partial charge in [-0.1, -0.05) is 0 Å². The van der Waals surface area contributed by atoms with E-state index in [1.807, 2.05) is 0 Å². The molecule has 0 atom stereocenters. The molecule has 0 radical (unpaired) electrons. The first-order valence-electron chi connectivity index (χ1n) is 3.11. The molecule has 1 N–H and O–H groups in total. The quantitative estimate of drug-likeness (QED) is 0.305. The number of carbonyl (C=O) groups excluding carboxylic acids is 1. The molecule has 0 rings (SSSR count). The number of hydrogen-bond acceptors (Lipinski definition) is 2. The third-order valence-electron chi connectivity index (χ3n) is 0.666. The minimum atomic E-state index is -0.423. The lowest BCUT2D eigenvalue weighted by atomic mass is 10.2. The summed E-state index contributed by atoms with van der Waals surface area (Å²) in [7, 11) is 0. The Balaban J connectivity index is 3.68. The molecule has 0 saturated carbocycles. The molecule has 0 aliphatic heterocycles. The lowest BCUT2D eigenvalue weighted by Crippen LogP contribution is -2.69. The van der Waals surface area contributed by atoms with Crippen LogP contribution in [-0.2, 0) is 9.53 Å². The van der Waals surface area contributed by atoms with Crippen molar-refractivity contribution < 1.29 is 14.5 Å². The number of rotatable bonds is 2. The summed E-state index contributed by atoms with van der Waals surface area (Å²) in [5.74, 6) is -0.338. The predicted molar refractivity (Wildman–Crippen MR) is 37.7 cm³/mol. The van der Waals surface area contributed by atoms with Crippen LogP contribution in [0.25, 0.3) is 0 Å². The van der Waals surface area contributed by atoms with E-state index in [2.05, 4.69) is 4.99 Å². The molecule has 0 aromatic heterocycles. The van der Waals surface area contributed by atoms with Gasteiger partial charge in [-0.3, -0.25) is 0 Å². The number of ether oxygens (including phenoxy) is 1. The number of carbonyl (C=O) groups is 1. The van der Waals surface area contributed by atoms with Gasteiger partial charge < -0.3 is 9.73 Å². The topological polar surface area (TPSA) is 40.3 Å². The van der Waals surface area contributed by atoms with Crippen LogP contribution >= 0.6 is 0 Å². The Kier molecular flexibility index (Phi) is 3.06. The molecule has 58 valence electrons. The highest BCUT2D eigenvalue weighted by atomic mass is 16.6. The van der Waals surface area contributed by atoms with Gasteiger partial charge in [0, 0.05) is 0 Å². The molecule has 3 nitrogen and oxygen atoms in total. The van der Waals surface area contributed by atoms with Crippen molar-refractivity contribution in [2.45, 2.75) is 26.4 Å². The van der Waals surface area contributed by atoms with Crippen LogP contribution in [0.2, 0.25) is 0 Å². The summed E-state index contributed by atoms with van der Waals surface area (Å²) < 4.78 is 4.90. The molecular weight excluding hydrogens is 130 g/mol. The second-order valence-corrected chi connectivity index (χ2v) is 2.97. The van der Waals surface area contributed by atoms with Gasteiger partial charge in [-0.05, 0) is 20.8 Å². The fourth-order valence-electron chi connectivity index (χ4n) is 0.461. The summed E-state index contributed by atoms with van der Waals surface area (Å²) in [6, 6.07) is 0. The minimum absolute atomic E-state index is 0.0528. The summed E-state index contributed by atoms with van der Waals surface area (Å²) >= 11 is 0. The predicted octanol–water partition coefficient (Wildman–Crippen LogP) is -1.01. The molecule has 10 heavy (non-hydrogen) atoms. The van der Waals surface area contributed by atoms with E-state index in [9.17, 15) is 4.79 Å². The first kappa shape index (κ1) is 9.14. The minimum Gasteiger partial charge on any atom is -0.455 e. The Morgan fingerprint density at radius 3 is 2.40 bits per heavy atom. The Bertz CT molecular complexity index is 135. The highest BCUT2D eigenvalue weighted by molar-refractivity contribution is 5.70. The average molecular weight is 143 g/mol. The molecule has 0 unspecified atom stereocenters. The van der Waals surface area contributed by atoms with Gasteiger partial charge in [-0.2, -0.15) is 0 Å². The summed E-state index contributed by atoms with van der Waals surface area (Å²) in [6.45, 7) is 10.4. The molecule has 0 bridgehead atoms. The van der Waals surface area contributed by atoms with Crippen molar-refractivity contribution in [3.63, 3.8) is 0 Å². The highest BCUT2D eigenvalue weighted by Crippen LogP contribution is 2.05. The molecule has 0 aromatic rings. The zero-order chi connectivity index (χ0) is 8.20. The van der Waals surface area contributed by atoms with Gasteiger partial charge in [0.25, 0.3) is 0 Å². The van der Waals surface area contributed by atoms with Crippen LogP contribution < -0.4 is 4.99 Å². The van der Waals surface area contributed by atoms with Crippen LogP contribution in [-0.4, -0.2) is 24.8 Å². The fourth-order valence-corrected chi connectivity index (χ4v) is 0.461. The van der Waals surface area contributed by atoms with E-state index in [1.54, 1.807) is 20.8 Å². The summed E-state index contributed by atoms with van der Waals surface area (Å²) in [5, 5.41) is 0. The fraction of sp³-hybridized carbons (Fsp3) is 0.714.